The summed E-state index contributed by atoms with van der Waals surface area (Å²) >= 11 is 3.33. The van der Waals surface area contributed by atoms with Crippen LogP contribution in [-0.4, -0.2) is 36.1 Å². The number of anilines is 2. The maximum Gasteiger partial charge on any atom is 0.412 e. The number of aliphatic hydroxyl groups is 1. The Kier molecular flexibility index (Phi) is 8.43. The van der Waals surface area contributed by atoms with Gasteiger partial charge in [-0.3, -0.25) is 5.32 Å². The van der Waals surface area contributed by atoms with Gasteiger partial charge in [0.05, 0.1) is 30.7 Å². The summed E-state index contributed by atoms with van der Waals surface area (Å²) in [4.78, 5) is 11.8. The third-order valence-corrected chi connectivity index (χ3v) is 4.30. The standard InChI is InChI=1S/C21H26BrFN2O4/c1-21(2,3)29-20(27)25-19-9-16(22)18(10-17(19)23)24-11-15(26)13-28-12-14-7-5-4-6-8-14/h4-10,15,24,26H,11-13H2,1-3H3,(H,25,27). The number of halogens is 2. The van der Waals surface area contributed by atoms with Gasteiger partial charge in [-0.1, -0.05) is 30.3 Å². The average molecular weight is 469 g/mol. The van der Waals surface area contributed by atoms with E-state index in [1.165, 1.54) is 12.1 Å². The first-order valence-electron chi connectivity index (χ1n) is 9.16. The number of hydrogen-bond acceptors (Lipinski definition) is 5. The number of ether oxygens (including phenoxy) is 2. The highest BCUT2D eigenvalue weighted by Gasteiger charge is 2.18. The molecule has 2 aromatic rings. The molecule has 2 aromatic carbocycles. The molecule has 0 saturated carbocycles. The van der Waals surface area contributed by atoms with Crippen molar-refractivity contribution in [2.45, 2.75) is 39.1 Å². The predicted octanol–water partition coefficient (Wildman–Crippen LogP) is 4.92. The topological polar surface area (TPSA) is 79.8 Å². The van der Waals surface area contributed by atoms with Crippen LogP contribution in [0.3, 0.4) is 0 Å². The molecule has 1 amide bonds. The Bertz CT molecular complexity index is 812. The zero-order chi connectivity index (χ0) is 21.4. The molecule has 1 unspecified atom stereocenters. The van der Waals surface area contributed by atoms with Crippen molar-refractivity contribution < 1.29 is 23.8 Å². The Balaban J connectivity index is 1.84. The molecule has 0 saturated heterocycles. The van der Waals surface area contributed by atoms with Crippen LogP contribution < -0.4 is 10.6 Å². The van der Waals surface area contributed by atoms with Gasteiger partial charge in [0.15, 0.2) is 0 Å². The number of carbonyl (C=O) groups is 1. The molecule has 3 N–H and O–H groups in total. The molecule has 0 bridgehead atoms. The van der Waals surface area contributed by atoms with E-state index < -0.39 is 23.6 Å². The Morgan fingerprint density at radius 3 is 2.55 bits per heavy atom. The van der Waals surface area contributed by atoms with Gasteiger partial charge in [0.1, 0.15) is 11.4 Å². The third-order valence-electron chi connectivity index (χ3n) is 3.64. The van der Waals surface area contributed by atoms with Gasteiger partial charge in [0, 0.05) is 17.1 Å². The molecule has 158 valence electrons. The summed E-state index contributed by atoms with van der Waals surface area (Å²) < 4.78 is 25.5. The van der Waals surface area contributed by atoms with E-state index in [-0.39, 0.29) is 18.8 Å². The summed E-state index contributed by atoms with van der Waals surface area (Å²) in [5.74, 6) is -0.628. The van der Waals surface area contributed by atoms with Crippen molar-refractivity contribution in [1.29, 1.82) is 0 Å². The zero-order valence-corrected chi connectivity index (χ0v) is 18.3. The summed E-state index contributed by atoms with van der Waals surface area (Å²) in [5, 5.41) is 15.4. The van der Waals surface area contributed by atoms with Crippen molar-refractivity contribution in [3.63, 3.8) is 0 Å². The van der Waals surface area contributed by atoms with Crippen molar-refractivity contribution in [3.8, 4) is 0 Å². The van der Waals surface area contributed by atoms with Crippen molar-refractivity contribution in [1.82, 2.24) is 0 Å². The highest BCUT2D eigenvalue weighted by atomic mass is 79.9. The molecular weight excluding hydrogens is 443 g/mol. The smallest absolute Gasteiger partial charge is 0.412 e. The largest absolute Gasteiger partial charge is 0.444 e. The van der Waals surface area contributed by atoms with E-state index in [2.05, 4.69) is 26.6 Å². The lowest BCUT2D eigenvalue weighted by Gasteiger charge is -2.20. The average Bonchev–Trinajstić information content (AvgIpc) is 2.62. The molecule has 0 radical (unpaired) electrons. The molecule has 2 rings (SSSR count). The van der Waals surface area contributed by atoms with Crippen LogP contribution in [0.2, 0.25) is 0 Å². The first kappa shape index (κ1) is 23.1. The fourth-order valence-corrected chi connectivity index (χ4v) is 2.85. The summed E-state index contributed by atoms with van der Waals surface area (Å²) in [6, 6.07) is 12.3. The fourth-order valence-electron chi connectivity index (χ4n) is 2.37. The Labute approximate surface area is 178 Å². The molecule has 0 aliphatic rings. The highest BCUT2D eigenvalue weighted by molar-refractivity contribution is 9.10. The number of carbonyl (C=O) groups excluding carboxylic acids is 1. The van der Waals surface area contributed by atoms with Crippen molar-refractivity contribution in [2.75, 3.05) is 23.8 Å². The number of nitrogens with one attached hydrogen (secondary N) is 2. The number of aliphatic hydroxyl groups excluding tert-OH is 1. The lowest BCUT2D eigenvalue weighted by Crippen LogP contribution is -2.27. The zero-order valence-electron chi connectivity index (χ0n) is 16.7. The molecule has 0 aliphatic heterocycles. The van der Waals surface area contributed by atoms with E-state index in [0.717, 1.165) is 5.56 Å². The lowest BCUT2D eigenvalue weighted by molar-refractivity contribution is 0.0348. The molecule has 0 aliphatic carbocycles. The fraction of sp³-hybridized carbons (Fsp3) is 0.381. The second-order valence-electron chi connectivity index (χ2n) is 7.47. The molecule has 8 heteroatoms. The van der Waals surface area contributed by atoms with Gasteiger partial charge < -0.3 is 19.9 Å². The van der Waals surface area contributed by atoms with Crippen molar-refractivity contribution >= 4 is 33.4 Å². The monoisotopic (exact) mass is 468 g/mol. The van der Waals surface area contributed by atoms with Gasteiger partial charge >= 0.3 is 6.09 Å². The number of rotatable bonds is 8. The normalized spacial score (nSPS) is 12.3. The Morgan fingerprint density at radius 2 is 1.90 bits per heavy atom. The van der Waals surface area contributed by atoms with Crippen LogP contribution in [0.15, 0.2) is 46.9 Å². The quantitative estimate of drug-likeness (QED) is 0.511. The van der Waals surface area contributed by atoms with E-state index in [4.69, 9.17) is 9.47 Å². The molecule has 29 heavy (non-hydrogen) atoms. The van der Waals surface area contributed by atoms with Gasteiger partial charge in [-0.25, -0.2) is 9.18 Å². The Hall–Kier alpha value is -2.16. The lowest BCUT2D eigenvalue weighted by atomic mass is 10.2. The molecule has 0 aromatic heterocycles. The minimum absolute atomic E-state index is 0.0107. The summed E-state index contributed by atoms with van der Waals surface area (Å²) in [6.07, 6.45) is -1.51. The van der Waals surface area contributed by atoms with E-state index in [1.807, 2.05) is 30.3 Å². The van der Waals surface area contributed by atoms with E-state index in [1.54, 1.807) is 20.8 Å². The minimum atomic E-state index is -0.770. The number of benzene rings is 2. The van der Waals surface area contributed by atoms with Gasteiger partial charge in [0.25, 0.3) is 0 Å². The molecule has 0 heterocycles. The summed E-state index contributed by atoms with van der Waals surface area (Å²) in [5.41, 5.74) is 0.770. The van der Waals surface area contributed by atoms with E-state index >= 15 is 0 Å². The third kappa shape index (κ3) is 8.39. The van der Waals surface area contributed by atoms with Crippen LogP contribution in [0.1, 0.15) is 26.3 Å². The second kappa shape index (κ2) is 10.6. The van der Waals surface area contributed by atoms with Crippen LogP contribution >= 0.6 is 15.9 Å². The first-order chi connectivity index (χ1) is 13.6. The van der Waals surface area contributed by atoms with Crippen LogP contribution in [0.4, 0.5) is 20.6 Å². The minimum Gasteiger partial charge on any atom is -0.444 e. The molecule has 0 fully saturated rings. The second-order valence-corrected chi connectivity index (χ2v) is 8.33. The van der Waals surface area contributed by atoms with Crippen molar-refractivity contribution in [3.05, 3.63) is 58.3 Å². The van der Waals surface area contributed by atoms with Crippen molar-refractivity contribution in [2.24, 2.45) is 0 Å². The summed E-state index contributed by atoms with van der Waals surface area (Å²) in [6.45, 7) is 5.88. The molecule has 0 spiro atoms. The van der Waals surface area contributed by atoms with Gasteiger partial charge in [-0.2, -0.15) is 0 Å². The molecule has 6 nitrogen and oxygen atoms in total. The van der Waals surface area contributed by atoms with Gasteiger partial charge in [-0.15, -0.1) is 0 Å². The number of hydrogen-bond donors (Lipinski definition) is 3. The van der Waals surface area contributed by atoms with Crippen LogP contribution in [0.25, 0.3) is 0 Å². The molecule has 1 atom stereocenters. The number of amides is 1. The molecular formula is C21H26BrFN2O4. The van der Waals surface area contributed by atoms with E-state index in [9.17, 15) is 14.3 Å². The maximum absolute atomic E-state index is 14.3. The van der Waals surface area contributed by atoms with Crippen LogP contribution in [0.5, 0.6) is 0 Å². The predicted molar refractivity (Wildman–Crippen MR) is 115 cm³/mol. The summed E-state index contributed by atoms with van der Waals surface area (Å²) in [7, 11) is 0. The highest BCUT2D eigenvalue weighted by Crippen LogP contribution is 2.29. The van der Waals surface area contributed by atoms with Crippen LogP contribution in [0, 0.1) is 5.82 Å². The first-order valence-corrected chi connectivity index (χ1v) is 9.96. The Morgan fingerprint density at radius 1 is 1.21 bits per heavy atom. The van der Waals surface area contributed by atoms with E-state index in [0.29, 0.717) is 16.8 Å². The van der Waals surface area contributed by atoms with Gasteiger partial charge in [0.2, 0.25) is 0 Å². The maximum atomic E-state index is 14.3. The van der Waals surface area contributed by atoms with Gasteiger partial charge in [-0.05, 0) is 48.3 Å². The van der Waals surface area contributed by atoms with Crippen LogP contribution in [-0.2, 0) is 16.1 Å². The SMILES string of the molecule is CC(C)(C)OC(=O)Nc1cc(Br)c(NCC(O)COCc2ccccc2)cc1F.